The maximum atomic E-state index is 13.1. The van der Waals surface area contributed by atoms with E-state index in [4.69, 9.17) is 4.74 Å². The van der Waals surface area contributed by atoms with E-state index in [1.807, 2.05) is 6.92 Å². The van der Waals surface area contributed by atoms with Crippen molar-refractivity contribution >= 4 is 31.6 Å². The number of nitrogens with zero attached hydrogens (tertiary/aromatic N) is 2. The second-order valence-electron chi connectivity index (χ2n) is 5.82. The number of ketones is 1. The molecule has 0 saturated carbocycles. The van der Waals surface area contributed by atoms with Crippen LogP contribution >= 0.6 is 15.9 Å². The first-order chi connectivity index (χ1) is 11.7. The third-order valence-corrected chi connectivity index (χ3v) is 6.07. The molecule has 0 N–H and O–H groups in total. The zero-order chi connectivity index (χ0) is 18.8. The van der Waals surface area contributed by atoms with Crippen molar-refractivity contribution < 1.29 is 17.9 Å². The summed E-state index contributed by atoms with van der Waals surface area (Å²) in [6.07, 6.45) is 0.537. The maximum absolute atomic E-state index is 13.1. The molecule has 0 fully saturated rings. The third kappa shape index (κ3) is 4.30. The van der Waals surface area contributed by atoms with E-state index in [0.717, 1.165) is 4.47 Å². The molecule has 0 aliphatic heterocycles. The molecule has 2 rings (SSSR count). The van der Waals surface area contributed by atoms with E-state index in [1.165, 1.54) is 11.8 Å². The summed E-state index contributed by atoms with van der Waals surface area (Å²) in [5.41, 5.74) is 1.70. The molecule has 0 spiro atoms. The van der Waals surface area contributed by atoms with Crippen molar-refractivity contribution in [2.24, 2.45) is 7.05 Å². The molecule has 1 aromatic carbocycles. The van der Waals surface area contributed by atoms with Crippen LogP contribution in [0.3, 0.4) is 0 Å². The average Bonchev–Trinajstić information content (AvgIpc) is 2.79. The van der Waals surface area contributed by atoms with Crippen LogP contribution in [0.15, 0.2) is 22.7 Å². The predicted molar refractivity (Wildman–Crippen MR) is 99.9 cm³/mol. The number of aryl methyl sites for hydroxylation is 2. The zero-order valence-corrected chi connectivity index (χ0v) is 17.1. The summed E-state index contributed by atoms with van der Waals surface area (Å²) in [4.78, 5) is 13.1. The van der Waals surface area contributed by atoms with Gasteiger partial charge in [-0.3, -0.25) is 4.79 Å². The van der Waals surface area contributed by atoms with Crippen molar-refractivity contribution in [1.82, 2.24) is 9.78 Å². The summed E-state index contributed by atoms with van der Waals surface area (Å²) in [5.74, 6) is -0.0322. The maximum Gasteiger partial charge on any atom is 0.223 e. The van der Waals surface area contributed by atoms with E-state index in [-0.39, 0.29) is 17.3 Å². The lowest BCUT2D eigenvalue weighted by Crippen LogP contribution is -2.13. The molecule has 0 amide bonds. The Hall–Kier alpha value is -1.67. The smallest absolute Gasteiger partial charge is 0.223 e. The minimum atomic E-state index is -3.29. The van der Waals surface area contributed by atoms with Crippen LogP contribution in [0.1, 0.15) is 40.5 Å². The van der Waals surface area contributed by atoms with Crippen molar-refractivity contribution in [3.8, 4) is 5.88 Å². The van der Waals surface area contributed by atoms with Crippen LogP contribution in [0.2, 0.25) is 0 Å². The Labute approximate surface area is 156 Å². The van der Waals surface area contributed by atoms with Crippen LogP contribution in [0, 0.1) is 6.92 Å². The van der Waals surface area contributed by atoms with Crippen LogP contribution in [-0.4, -0.2) is 36.8 Å². The molecule has 0 aliphatic carbocycles. The van der Waals surface area contributed by atoms with Crippen LogP contribution in [0.25, 0.3) is 0 Å². The number of carbonyl (C=O) groups excluding carboxylic acids is 1. The van der Waals surface area contributed by atoms with E-state index in [2.05, 4.69) is 21.0 Å². The van der Waals surface area contributed by atoms with Gasteiger partial charge in [0.05, 0.1) is 24.3 Å². The van der Waals surface area contributed by atoms with E-state index < -0.39 is 9.84 Å². The molecule has 0 unspecified atom stereocenters. The molecule has 25 heavy (non-hydrogen) atoms. The second kappa shape index (κ2) is 7.70. The molecule has 0 saturated heterocycles. The van der Waals surface area contributed by atoms with Gasteiger partial charge < -0.3 is 4.74 Å². The highest BCUT2D eigenvalue weighted by molar-refractivity contribution is 9.10. The largest absolute Gasteiger partial charge is 0.481 e. The van der Waals surface area contributed by atoms with E-state index in [1.54, 1.807) is 32.2 Å². The molecule has 1 aromatic heterocycles. The van der Waals surface area contributed by atoms with E-state index in [9.17, 15) is 13.2 Å². The first kappa shape index (κ1) is 19.7. The van der Waals surface area contributed by atoms with E-state index in [0.29, 0.717) is 34.7 Å². The lowest BCUT2D eigenvalue weighted by molar-refractivity contribution is 0.103. The van der Waals surface area contributed by atoms with E-state index >= 15 is 0 Å². The SMILES string of the molecule is CCCS(=O)(=O)Cc1cc(Br)ccc1C(=O)c1c(C)nn(C)c1OC. The minimum Gasteiger partial charge on any atom is -0.481 e. The van der Waals surface area contributed by atoms with Crippen molar-refractivity contribution in [2.45, 2.75) is 26.0 Å². The fourth-order valence-electron chi connectivity index (χ4n) is 2.79. The van der Waals surface area contributed by atoms with Crippen LogP contribution in [-0.2, 0) is 22.6 Å². The van der Waals surface area contributed by atoms with Crippen molar-refractivity contribution in [1.29, 1.82) is 0 Å². The Morgan fingerprint density at radius 2 is 2.04 bits per heavy atom. The van der Waals surface area contributed by atoms with Gasteiger partial charge in [-0.15, -0.1) is 0 Å². The van der Waals surface area contributed by atoms with Gasteiger partial charge in [0, 0.05) is 17.1 Å². The number of hydrogen-bond donors (Lipinski definition) is 0. The molecular weight excluding hydrogens is 408 g/mol. The second-order valence-corrected chi connectivity index (χ2v) is 8.92. The monoisotopic (exact) mass is 428 g/mol. The number of halogens is 1. The lowest BCUT2D eigenvalue weighted by atomic mass is 9.99. The summed E-state index contributed by atoms with van der Waals surface area (Å²) in [6.45, 7) is 3.54. The number of benzene rings is 1. The van der Waals surface area contributed by atoms with Gasteiger partial charge in [-0.1, -0.05) is 22.9 Å². The molecule has 8 heteroatoms. The summed E-state index contributed by atoms with van der Waals surface area (Å²) in [5, 5.41) is 4.22. The summed E-state index contributed by atoms with van der Waals surface area (Å²) >= 11 is 3.35. The quantitative estimate of drug-likeness (QED) is 0.633. The average molecular weight is 429 g/mol. The number of rotatable bonds is 7. The highest BCUT2D eigenvalue weighted by atomic mass is 79.9. The van der Waals surface area contributed by atoms with Gasteiger partial charge in [0.15, 0.2) is 9.84 Å². The fourth-order valence-corrected chi connectivity index (χ4v) is 4.68. The van der Waals surface area contributed by atoms with Crippen LogP contribution in [0.5, 0.6) is 5.88 Å². The lowest BCUT2D eigenvalue weighted by Gasteiger charge is -2.11. The zero-order valence-electron chi connectivity index (χ0n) is 14.7. The summed E-state index contributed by atoms with van der Waals surface area (Å²) in [7, 11) is -0.120. The number of hydrogen-bond acceptors (Lipinski definition) is 5. The first-order valence-electron chi connectivity index (χ1n) is 7.81. The number of ether oxygens (including phenoxy) is 1. The topological polar surface area (TPSA) is 78.3 Å². The number of methoxy groups -OCH3 is 1. The molecular formula is C17H21BrN2O4S. The van der Waals surface area contributed by atoms with Gasteiger partial charge in [0.1, 0.15) is 5.56 Å². The number of sulfone groups is 1. The Bertz CT molecular complexity index is 904. The standard InChI is InChI=1S/C17H21BrN2O4S/c1-5-8-25(22,23)10-12-9-13(18)6-7-14(12)16(21)15-11(2)19-20(3)17(15)24-4/h6-7,9H,5,8,10H2,1-4H3. The van der Waals surface area contributed by atoms with Gasteiger partial charge in [0.25, 0.3) is 0 Å². The normalized spacial score (nSPS) is 11.6. The number of carbonyl (C=O) groups is 1. The molecule has 0 radical (unpaired) electrons. The molecule has 0 aliphatic rings. The summed E-state index contributed by atoms with van der Waals surface area (Å²) in [6, 6.07) is 5.04. The molecule has 0 atom stereocenters. The Balaban J connectivity index is 2.55. The highest BCUT2D eigenvalue weighted by Gasteiger charge is 2.25. The van der Waals surface area contributed by atoms with Gasteiger partial charge in [-0.05, 0) is 37.1 Å². The molecule has 0 bridgehead atoms. The minimum absolute atomic E-state index is 0.0857. The fraction of sp³-hybridized carbons (Fsp3) is 0.412. The number of aromatic nitrogens is 2. The first-order valence-corrected chi connectivity index (χ1v) is 10.4. The molecule has 1 heterocycles. The van der Waals surface area contributed by atoms with Crippen molar-refractivity contribution in [3.05, 3.63) is 45.1 Å². The Morgan fingerprint density at radius 1 is 1.36 bits per heavy atom. The van der Waals surface area contributed by atoms with Gasteiger partial charge >= 0.3 is 0 Å². The van der Waals surface area contributed by atoms with Crippen molar-refractivity contribution in [2.75, 3.05) is 12.9 Å². The van der Waals surface area contributed by atoms with Gasteiger partial charge in [-0.25, -0.2) is 13.1 Å². The van der Waals surface area contributed by atoms with Gasteiger partial charge in [0.2, 0.25) is 11.7 Å². The Kier molecular flexibility index (Phi) is 6.05. The third-order valence-electron chi connectivity index (χ3n) is 3.79. The van der Waals surface area contributed by atoms with Crippen LogP contribution < -0.4 is 4.74 Å². The molecule has 136 valence electrons. The summed E-state index contributed by atoms with van der Waals surface area (Å²) < 4.78 is 32.0. The highest BCUT2D eigenvalue weighted by Crippen LogP contribution is 2.28. The van der Waals surface area contributed by atoms with Gasteiger partial charge in [-0.2, -0.15) is 5.10 Å². The Morgan fingerprint density at radius 3 is 2.64 bits per heavy atom. The predicted octanol–water partition coefficient (Wildman–Crippen LogP) is 3.06. The van der Waals surface area contributed by atoms with Crippen LogP contribution in [0.4, 0.5) is 0 Å². The van der Waals surface area contributed by atoms with Crippen molar-refractivity contribution in [3.63, 3.8) is 0 Å². The molecule has 2 aromatic rings. The molecule has 6 nitrogen and oxygen atoms in total.